The maximum absolute atomic E-state index is 11.6. The summed E-state index contributed by atoms with van der Waals surface area (Å²) in [5.41, 5.74) is 1.18. The van der Waals surface area contributed by atoms with Crippen LogP contribution in [0.5, 0.6) is 0 Å². The van der Waals surface area contributed by atoms with Gasteiger partial charge in [0.05, 0.1) is 19.2 Å². The average Bonchev–Trinajstić information content (AvgIpc) is 3.02. The number of ether oxygens (including phenoxy) is 1. The minimum atomic E-state index is -0.0916. The molecule has 0 unspecified atom stereocenters. The molecule has 0 atom stereocenters. The lowest BCUT2D eigenvalue weighted by Crippen LogP contribution is -2.46. The monoisotopic (exact) mass is 335 g/mol. The standard InChI is InChI=1S/C17H29N5O2/c1-4-18-17(19-8-5-9-22-13-14(2)12-20-22)21-10-6-15(7-11-21)16(23)24-3/h12-13,15H,4-11H2,1-3H3,(H,18,19). The van der Waals surface area contributed by atoms with E-state index in [-0.39, 0.29) is 11.9 Å². The van der Waals surface area contributed by atoms with Gasteiger partial charge >= 0.3 is 5.97 Å². The summed E-state index contributed by atoms with van der Waals surface area (Å²) in [7, 11) is 1.46. The number of aromatic nitrogens is 2. The van der Waals surface area contributed by atoms with Gasteiger partial charge in [-0.15, -0.1) is 0 Å². The number of rotatable bonds is 6. The largest absolute Gasteiger partial charge is 0.469 e. The van der Waals surface area contributed by atoms with E-state index in [4.69, 9.17) is 9.73 Å². The molecule has 0 saturated carbocycles. The van der Waals surface area contributed by atoms with Gasteiger partial charge in [0, 0.05) is 38.9 Å². The Hall–Kier alpha value is -2.05. The fraction of sp³-hybridized carbons (Fsp3) is 0.706. The highest BCUT2D eigenvalue weighted by molar-refractivity contribution is 5.80. The Morgan fingerprint density at radius 1 is 1.46 bits per heavy atom. The van der Waals surface area contributed by atoms with Gasteiger partial charge in [0.1, 0.15) is 0 Å². The van der Waals surface area contributed by atoms with E-state index < -0.39 is 0 Å². The lowest BCUT2D eigenvalue weighted by molar-refractivity contribution is -0.146. The second kappa shape index (κ2) is 9.30. The van der Waals surface area contributed by atoms with Crippen LogP contribution in [0.2, 0.25) is 0 Å². The van der Waals surface area contributed by atoms with Crippen LogP contribution in [0.25, 0.3) is 0 Å². The fourth-order valence-corrected chi connectivity index (χ4v) is 2.93. The van der Waals surface area contributed by atoms with Crippen LogP contribution in [0.1, 0.15) is 31.7 Å². The van der Waals surface area contributed by atoms with Crippen LogP contribution in [0.15, 0.2) is 17.4 Å². The van der Waals surface area contributed by atoms with E-state index in [1.54, 1.807) is 0 Å². The summed E-state index contributed by atoms with van der Waals surface area (Å²) in [6.07, 6.45) is 6.52. The quantitative estimate of drug-likeness (QED) is 0.368. The maximum Gasteiger partial charge on any atom is 0.308 e. The predicted molar refractivity (Wildman–Crippen MR) is 93.9 cm³/mol. The van der Waals surface area contributed by atoms with Crippen molar-refractivity contribution in [1.29, 1.82) is 0 Å². The molecule has 1 fully saturated rings. The summed E-state index contributed by atoms with van der Waals surface area (Å²) in [4.78, 5) is 18.6. The molecule has 0 aliphatic carbocycles. The number of nitrogens with one attached hydrogen (secondary N) is 1. The molecule has 1 saturated heterocycles. The van der Waals surface area contributed by atoms with Crippen LogP contribution in [-0.4, -0.2) is 59.9 Å². The van der Waals surface area contributed by atoms with Gasteiger partial charge in [0.15, 0.2) is 5.96 Å². The Morgan fingerprint density at radius 2 is 2.21 bits per heavy atom. The molecule has 0 amide bonds. The number of guanidine groups is 1. The highest BCUT2D eigenvalue weighted by Crippen LogP contribution is 2.18. The van der Waals surface area contributed by atoms with Crippen LogP contribution < -0.4 is 5.32 Å². The van der Waals surface area contributed by atoms with Gasteiger partial charge in [-0.2, -0.15) is 5.10 Å². The molecular formula is C17H29N5O2. The number of aliphatic imine (C=N–C) groups is 1. The zero-order valence-electron chi connectivity index (χ0n) is 15.0. The summed E-state index contributed by atoms with van der Waals surface area (Å²) >= 11 is 0. The highest BCUT2D eigenvalue weighted by atomic mass is 16.5. The summed E-state index contributed by atoms with van der Waals surface area (Å²) in [5, 5.41) is 7.64. The number of carbonyl (C=O) groups excluding carboxylic acids is 1. The predicted octanol–water partition coefficient (Wildman–Crippen LogP) is 1.43. The molecule has 2 heterocycles. The molecule has 1 aliphatic rings. The summed E-state index contributed by atoms with van der Waals surface area (Å²) < 4.78 is 6.80. The van der Waals surface area contributed by atoms with Gasteiger partial charge in [0.2, 0.25) is 0 Å². The van der Waals surface area contributed by atoms with Crippen molar-refractivity contribution in [2.75, 3.05) is 33.3 Å². The van der Waals surface area contributed by atoms with E-state index in [9.17, 15) is 4.79 Å². The molecule has 1 aromatic rings. The van der Waals surface area contributed by atoms with Crippen molar-refractivity contribution in [3.63, 3.8) is 0 Å². The van der Waals surface area contributed by atoms with Crippen LogP contribution >= 0.6 is 0 Å². The molecule has 7 nitrogen and oxygen atoms in total. The van der Waals surface area contributed by atoms with Gasteiger partial charge < -0.3 is 15.0 Å². The number of esters is 1. The van der Waals surface area contributed by atoms with E-state index in [2.05, 4.69) is 22.2 Å². The summed E-state index contributed by atoms with van der Waals surface area (Å²) in [6, 6.07) is 0. The zero-order valence-corrected chi connectivity index (χ0v) is 15.0. The molecule has 1 N–H and O–H groups in total. The highest BCUT2D eigenvalue weighted by Gasteiger charge is 2.26. The number of carbonyl (C=O) groups is 1. The van der Waals surface area contributed by atoms with Crippen LogP contribution in [0, 0.1) is 12.8 Å². The number of hydrogen-bond donors (Lipinski definition) is 1. The van der Waals surface area contributed by atoms with E-state index >= 15 is 0 Å². The Kier molecular flexibility index (Phi) is 7.08. The second-order valence-corrected chi connectivity index (χ2v) is 6.15. The third kappa shape index (κ3) is 5.25. The van der Waals surface area contributed by atoms with Gasteiger partial charge in [-0.1, -0.05) is 0 Å². The first-order valence-corrected chi connectivity index (χ1v) is 8.74. The van der Waals surface area contributed by atoms with E-state index in [1.807, 2.05) is 24.0 Å². The van der Waals surface area contributed by atoms with Crippen LogP contribution in [-0.2, 0) is 16.1 Å². The summed E-state index contributed by atoms with van der Waals surface area (Å²) in [6.45, 7) is 8.27. The average molecular weight is 335 g/mol. The number of aryl methyl sites for hydroxylation is 2. The molecular weight excluding hydrogens is 306 g/mol. The van der Waals surface area contributed by atoms with Crippen molar-refractivity contribution in [3.8, 4) is 0 Å². The van der Waals surface area contributed by atoms with Crippen molar-refractivity contribution in [3.05, 3.63) is 18.0 Å². The first-order valence-electron chi connectivity index (χ1n) is 8.74. The topological polar surface area (TPSA) is 71.8 Å². The van der Waals surface area contributed by atoms with E-state index in [0.29, 0.717) is 0 Å². The molecule has 2 rings (SSSR count). The van der Waals surface area contributed by atoms with E-state index in [0.717, 1.165) is 57.9 Å². The minimum Gasteiger partial charge on any atom is -0.469 e. The third-order valence-electron chi connectivity index (χ3n) is 4.23. The van der Waals surface area contributed by atoms with Gasteiger partial charge in [0.25, 0.3) is 0 Å². The molecule has 1 aliphatic heterocycles. The maximum atomic E-state index is 11.6. The van der Waals surface area contributed by atoms with Crippen molar-refractivity contribution in [2.24, 2.45) is 10.9 Å². The normalized spacial score (nSPS) is 16.3. The molecule has 1 aromatic heterocycles. The van der Waals surface area contributed by atoms with Crippen molar-refractivity contribution in [2.45, 2.75) is 39.7 Å². The van der Waals surface area contributed by atoms with Crippen molar-refractivity contribution >= 4 is 11.9 Å². The molecule has 24 heavy (non-hydrogen) atoms. The number of piperidine rings is 1. The number of hydrogen-bond acceptors (Lipinski definition) is 4. The van der Waals surface area contributed by atoms with Crippen molar-refractivity contribution < 1.29 is 9.53 Å². The van der Waals surface area contributed by atoms with Gasteiger partial charge in [-0.05, 0) is 38.7 Å². The fourth-order valence-electron chi connectivity index (χ4n) is 2.93. The zero-order chi connectivity index (χ0) is 17.4. The Balaban J connectivity index is 1.81. The number of likely N-dealkylation sites (tertiary alicyclic amines) is 1. The van der Waals surface area contributed by atoms with Gasteiger partial charge in [-0.25, -0.2) is 0 Å². The Labute approximate surface area is 144 Å². The van der Waals surface area contributed by atoms with Gasteiger partial charge in [-0.3, -0.25) is 14.5 Å². The van der Waals surface area contributed by atoms with E-state index in [1.165, 1.54) is 12.7 Å². The first-order chi connectivity index (χ1) is 11.6. The van der Waals surface area contributed by atoms with Crippen LogP contribution in [0.3, 0.4) is 0 Å². The molecule has 0 bridgehead atoms. The Morgan fingerprint density at radius 3 is 2.79 bits per heavy atom. The minimum absolute atomic E-state index is 0.0252. The van der Waals surface area contributed by atoms with Crippen molar-refractivity contribution in [1.82, 2.24) is 20.0 Å². The molecule has 134 valence electrons. The number of nitrogens with zero attached hydrogens (tertiary/aromatic N) is 4. The smallest absolute Gasteiger partial charge is 0.308 e. The molecule has 0 spiro atoms. The molecule has 7 heteroatoms. The lowest BCUT2D eigenvalue weighted by atomic mass is 9.97. The lowest BCUT2D eigenvalue weighted by Gasteiger charge is -2.33. The SMILES string of the molecule is CCNC(=NCCCn1cc(C)cn1)N1CCC(C(=O)OC)CC1. The molecule has 0 aromatic carbocycles. The third-order valence-corrected chi connectivity index (χ3v) is 4.23. The second-order valence-electron chi connectivity index (χ2n) is 6.15. The summed E-state index contributed by atoms with van der Waals surface area (Å²) in [5.74, 6) is 0.876. The number of methoxy groups -OCH3 is 1. The molecule has 0 radical (unpaired) electrons. The first kappa shape index (κ1) is 18.3. The Bertz CT molecular complexity index is 547. The van der Waals surface area contributed by atoms with Crippen LogP contribution in [0.4, 0.5) is 0 Å².